The van der Waals surface area contributed by atoms with Gasteiger partial charge in [0.05, 0.1) is 5.69 Å². The molecule has 0 saturated carbocycles. The molecule has 16 heavy (non-hydrogen) atoms. The minimum atomic E-state index is -1.40. The first-order valence-corrected chi connectivity index (χ1v) is 3.87. The number of nitriles is 2. The van der Waals surface area contributed by atoms with Crippen LogP contribution in [0.2, 0.25) is 0 Å². The molecule has 1 N–H and O–H groups in total. The van der Waals surface area contributed by atoms with Crippen molar-refractivity contribution in [2.75, 3.05) is 5.43 Å². The van der Waals surface area contributed by atoms with Crippen LogP contribution >= 0.6 is 0 Å². The van der Waals surface area contributed by atoms with Gasteiger partial charge in [0.2, 0.25) is 5.71 Å². The van der Waals surface area contributed by atoms with E-state index in [4.69, 9.17) is 10.5 Å². The molecule has 1 aromatic carbocycles. The smallest absolute Gasteiger partial charge is 0.237 e. The Hall–Kier alpha value is -2.54. The first-order chi connectivity index (χ1) is 7.58. The number of nitrogens with zero attached hydrogens (tertiary/aromatic N) is 3. The molecule has 0 bridgehead atoms. The van der Waals surface area contributed by atoms with E-state index in [-0.39, 0.29) is 0 Å². The van der Waals surface area contributed by atoms with Crippen LogP contribution in [0.3, 0.4) is 0 Å². The Balaban J connectivity index is 3.05. The Labute approximate surface area is 88.2 Å². The molecule has 0 aliphatic carbocycles. The summed E-state index contributed by atoms with van der Waals surface area (Å²) in [6.07, 6.45) is 0. The molecule has 0 aromatic heterocycles. The van der Waals surface area contributed by atoms with Gasteiger partial charge in [-0.15, -0.1) is 0 Å². The third-order valence-corrected chi connectivity index (χ3v) is 1.49. The zero-order chi connectivity index (χ0) is 12.1. The average molecular weight is 224 g/mol. The van der Waals surface area contributed by atoms with Crippen LogP contribution in [0.4, 0.5) is 18.9 Å². The van der Waals surface area contributed by atoms with Gasteiger partial charge in [-0.25, -0.2) is 13.2 Å². The largest absolute Gasteiger partial charge is 0.273 e. The van der Waals surface area contributed by atoms with E-state index in [2.05, 4.69) is 5.10 Å². The van der Waals surface area contributed by atoms with Gasteiger partial charge in [-0.05, 0) is 0 Å². The molecule has 0 spiro atoms. The lowest BCUT2D eigenvalue weighted by Crippen LogP contribution is -2.00. The van der Waals surface area contributed by atoms with Crippen LogP contribution < -0.4 is 5.43 Å². The number of hydrazone groups is 1. The molecule has 0 radical (unpaired) electrons. The van der Waals surface area contributed by atoms with E-state index in [0.29, 0.717) is 12.1 Å². The Morgan fingerprint density at radius 2 is 1.81 bits per heavy atom. The highest BCUT2D eigenvalue weighted by atomic mass is 19.2. The minimum absolute atomic E-state index is 0.361. The van der Waals surface area contributed by atoms with Gasteiger partial charge in [0.15, 0.2) is 11.6 Å². The highest BCUT2D eigenvalue weighted by Gasteiger charge is 2.10. The number of halogens is 3. The third-order valence-electron chi connectivity index (χ3n) is 1.49. The highest BCUT2D eigenvalue weighted by Crippen LogP contribution is 2.18. The van der Waals surface area contributed by atoms with Crippen LogP contribution in [0.1, 0.15) is 0 Å². The van der Waals surface area contributed by atoms with Crippen molar-refractivity contribution in [3.05, 3.63) is 29.6 Å². The number of anilines is 1. The number of hydrogen-bond donors (Lipinski definition) is 1. The lowest BCUT2D eigenvalue weighted by Gasteiger charge is -2.02. The number of rotatable bonds is 2. The monoisotopic (exact) mass is 224 g/mol. The van der Waals surface area contributed by atoms with Crippen molar-refractivity contribution in [3.8, 4) is 12.1 Å². The van der Waals surface area contributed by atoms with E-state index in [1.807, 2.05) is 5.43 Å². The van der Waals surface area contributed by atoms with Gasteiger partial charge >= 0.3 is 0 Å². The van der Waals surface area contributed by atoms with E-state index >= 15 is 0 Å². The second kappa shape index (κ2) is 4.80. The van der Waals surface area contributed by atoms with E-state index < -0.39 is 28.9 Å². The number of benzene rings is 1. The molecule has 0 aliphatic heterocycles. The van der Waals surface area contributed by atoms with E-state index in [9.17, 15) is 13.2 Å². The molecule has 0 fully saturated rings. The summed E-state index contributed by atoms with van der Waals surface area (Å²) >= 11 is 0. The van der Waals surface area contributed by atoms with E-state index in [0.717, 1.165) is 0 Å². The molecule has 4 nitrogen and oxygen atoms in total. The van der Waals surface area contributed by atoms with Crippen LogP contribution in [0.15, 0.2) is 17.2 Å². The van der Waals surface area contributed by atoms with E-state index in [1.54, 1.807) is 0 Å². The zero-order valence-corrected chi connectivity index (χ0v) is 7.63. The van der Waals surface area contributed by atoms with Gasteiger partial charge in [-0.1, -0.05) is 0 Å². The maximum Gasteiger partial charge on any atom is 0.237 e. The maximum atomic E-state index is 13.0. The topological polar surface area (TPSA) is 72.0 Å². The summed E-state index contributed by atoms with van der Waals surface area (Å²) in [5.74, 6) is -3.75. The summed E-state index contributed by atoms with van der Waals surface area (Å²) < 4.78 is 38.4. The molecule has 7 heteroatoms. The molecule has 0 heterocycles. The fourth-order valence-corrected chi connectivity index (χ4v) is 0.828. The summed E-state index contributed by atoms with van der Waals surface area (Å²) in [7, 11) is 0. The normalized spacial score (nSPS) is 8.81. The van der Waals surface area contributed by atoms with Gasteiger partial charge in [-0.3, -0.25) is 5.43 Å². The zero-order valence-electron chi connectivity index (χ0n) is 7.63. The predicted octanol–water partition coefficient (Wildman–Crippen LogP) is 1.92. The molecule has 1 aromatic rings. The Kier molecular flexibility index (Phi) is 3.46. The Bertz CT molecular complexity index is 509. The molecule has 0 unspecified atom stereocenters. The Morgan fingerprint density at radius 1 is 1.19 bits per heavy atom. The highest BCUT2D eigenvalue weighted by molar-refractivity contribution is 6.10. The molecule has 0 aliphatic rings. The van der Waals surface area contributed by atoms with Crippen molar-refractivity contribution in [1.29, 1.82) is 10.5 Å². The fourth-order valence-electron chi connectivity index (χ4n) is 0.828. The summed E-state index contributed by atoms with van der Waals surface area (Å²) in [6.45, 7) is 0. The molecular weight excluding hydrogens is 221 g/mol. The van der Waals surface area contributed by atoms with Crippen LogP contribution in [-0.4, -0.2) is 5.71 Å². The van der Waals surface area contributed by atoms with Crippen LogP contribution in [-0.2, 0) is 0 Å². The van der Waals surface area contributed by atoms with Crippen molar-refractivity contribution in [1.82, 2.24) is 0 Å². The van der Waals surface area contributed by atoms with Gasteiger partial charge < -0.3 is 0 Å². The summed E-state index contributed by atoms with van der Waals surface area (Å²) in [6, 6.07) is 3.78. The number of hydrogen-bond acceptors (Lipinski definition) is 4. The first kappa shape index (κ1) is 11.5. The van der Waals surface area contributed by atoms with Crippen molar-refractivity contribution in [2.24, 2.45) is 5.10 Å². The van der Waals surface area contributed by atoms with Crippen LogP contribution in [0.25, 0.3) is 0 Å². The SMILES string of the molecule is N#CC(C#N)=NNc1cc(F)cc(F)c1F. The van der Waals surface area contributed by atoms with Crippen LogP contribution in [0.5, 0.6) is 0 Å². The fraction of sp³-hybridized carbons (Fsp3) is 0. The molecular formula is C9H3F3N4. The van der Waals surface area contributed by atoms with Gasteiger partial charge in [-0.2, -0.15) is 15.6 Å². The molecule has 0 saturated heterocycles. The lowest BCUT2D eigenvalue weighted by atomic mass is 10.3. The van der Waals surface area contributed by atoms with Crippen molar-refractivity contribution < 1.29 is 13.2 Å². The second-order valence-electron chi connectivity index (χ2n) is 2.54. The average Bonchev–Trinajstić information content (AvgIpc) is 2.26. The first-order valence-electron chi connectivity index (χ1n) is 3.87. The van der Waals surface area contributed by atoms with Crippen molar-refractivity contribution in [2.45, 2.75) is 0 Å². The van der Waals surface area contributed by atoms with Crippen molar-refractivity contribution >= 4 is 11.4 Å². The molecule has 80 valence electrons. The lowest BCUT2D eigenvalue weighted by molar-refractivity contribution is 0.497. The van der Waals surface area contributed by atoms with Gasteiger partial charge in [0.1, 0.15) is 18.0 Å². The standard InChI is InChI=1S/C9H3F3N4/c10-5-1-7(11)9(12)8(2-5)16-15-6(3-13)4-14/h1-2,16H. The summed E-state index contributed by atoms with van der Waals surface area (Å²) in [5.41, 5.74) is 0.694. The summed E-state index contributed by atoms with van der Waals surface area (Å²) in [4.78, 5) is 0. The minimum Gasteiger partial charge on any atom is -0.273 e. The van der Waals surface area contributed by atoms with Gasteiger partial charge in [0.25, 0.3) is 0 Å². The van der Waals surface area contributed by atoms with Crippen LogP contribution in [0, 0.1) is 40.1 Å². The van der Waals surface area contributed by atoms with E-state index in [1.165, 1.54) is 12.1 Å². The molecule has 1 rings (SSSR count). The second-order valence-corrected chi connectivity index (χ2v) is 2.54. The predicted molar refractivity (Wildman–Crippen MR) is 48.6 cm³/mol. The van der Waals surface area contributed by atoms with Gasteiger partial charge in [0, 0.05) is 12.1 Å². The quantitative estimate of drug-likeness (QED) is 0.473. The molecule has 0 atom stereocenters. The third kappa shape index (κ3) is 2.49. The number of nitrogens with one attached hydrogen (secondary N) is 1. The maximum absolute atomic E-state index is 13.0. The molecule has 0 amide bonds. The summed E-state index contributed by atoms with van der Waals surface area (Å²) in [5, 5.41) is 19.7. The van der Waals surface area contributed by atoms with Crippen molar-refractivity contribution in [3.63, 3.8) is 0 Å². The Morgan fingerprint density at radius 3 is 2.38 bits per heavy atom.